The van der Waals surface area contributed by atoms with Crippen LogP contribution in [0.4, 0.5) is 0 Å². The molecule has 1 aromatic carbocycles. The van der Waals surface area contributed by atoms with Crippen molar-refractivity contribution >= 4 is 21.6 Å². The third-order valence-corrected chi connectivity index (χ3v) is 5.76. The standard InChI is InChI=1S/C12H13ClN4O2S/c13-11-3-1-2-4-12(11)20(18,19)16-7-5-10(9-16)17-8-6-14-15-17/h1-4,6,8,10H,5,7,9H2. The van der Waals surface area contributed by atoms with Crippen LogP contribution < -0.4 is 0 Å². The van der Waals surface area contributed by atoms with E-state index in [0.717, 1.165) is 0 Å². The van der Waals surface area contributed by atoms with E-state index in [1.165, 1.54) is 10.4 Å². The molecule has 1 aliphatic rings. The van der Waals surface area contributed by atoms with Crippen molar-refractivity contribution in [3.63, 3.8) is 0 Å². The Morgan fingerprint density at radius 2 is 2.10 bits per heavy atom. The second-order valence-electron chi connectivity index (χ2n) is 4.62. The van der Waals surface area contributed by atoms with Crippen LogP contribution in [0.25, 0.3) is 0 Å². The Hall–Kier alpha value is -1.44. The number of aromatic nitrogens is 3. The fourth-order valence-corrected chi connectivity index (χ4v) is 4.34. The highest BCUT2D eigenvalue weighted by molar-refractivity contribution is 7.89. The van der Waals surface area contributed by atoms with Gasteiger partial charge in [-0.1, -0.05) is 28.9 Å². The van der Waals surface area contributed by atoms with Crippen molar-refractivity contribution in [1.82, 2.24) is 19.3 Å². The van der Waals surface area contributed by atoms with Gasteiger partial charge in [-0.25, -0.2) is 13.1 Å². The molecule has 1 aromatic heterocycles. The number of halogens is 1. The van der Waals surface area contributed by atoms with Crippen molar-refractivity contribution in [2.75, 3.05) is 13.1 Å². The molecule has 3 rings (SSSR count). The van der Waals surface area contributed by atoms with E-state index >= 15 is 0 Å². The molecule has 1 atom stereocenters. The summed E-state index contributed by atoms with van der Waals surface area (Å²) in [4.78, 5) is 0.154. The minimum absolute atomic E-state index is 0.0229. The van der Waals surface area contributed by atoms with Gasteiger partial charge in [0.2, 0.25) is 10.0 Å². The summed E-state index contributed by atoms with van der Waals surface area (Å²) in [6, 6.07) is 6.52. The highest BCUT2D eigenvalue weighted by Crippen LogP contribution is 2.29. The number of hydrogen-bond acceptors (Lipinski definition) is 4. The molecular weight excluding hydrogens is 300 g/mol. The van der Waals surface area contributed by atoms with Gasteiger partial charge in [0.1, 0.15) is 4.90 Å². The van der Waals surface area contributed by atoms with Gasteiger partial charge in [-0.2, -0.15) is 4.31 Å². The molecule has 20 heavy (non-hydrogen) atoms. The first-order valence-electron chi connectivity index (χ1n) is 6.19. The highest BCUT2D eigenvalue weighted by atomic mass is 35.5. The van der Waals surface area contributed by atoms with E-state index in [0.29, 0.717) is 19.5 Å². The molecule has 1 saturated heterocycles. The monoisotopic (exact) mass is 312 g/mol. The third kappa shape index (κ3) is 2.32. The van der Waals surface area contributed by atoms with E-state index in [1.807, 2.05) is 0 Å². The Balaban J connectivity index is 1.85. The van der Waals surface area contributed by atoms with Gasteiger partial charge in [0.05, 0.1) is 17.3 Å². The summed E-state index contributed by atoms with van der Waals surface area (Å²) in [5, 5.41) is 7.92. The molecule has 6 nitrogen and oxygen atoms in total. The number of nitrogens with zero attached hydrogens (tertiary/aromatic N) is 4. The molecular formula is C12H13ClN4O2S. The Morgan fingerprint density at radius 1 is 1.30 bits per heavy atom. The first-order chi connectivity index (χ1) is 9.59. The average Bonchev–Trinajstić information content (AvgIpc) is 3.10. The van der Waals surface area contributed by atoms with E-state index in [1.54, 1.807) is 35.3 Å². The van der Waals surface area contributed by atoms with E-state index < -0.39 is 10.0 Å². The topological polar surface area (TPSA) is 68.1 Å². The normalized spacial score (nSPS) is 20.4. The van der Waals surface area contributed by atoms with Crippen molar-refractivity contribution in [3.8, 4) is 0 Å². The van der Waals surface area contributed by atoms with Crippen LogP contribution in [0.5, 0.6) is 0 Å². The second kappa shape index (κ2) is 5.16. The molecule has 0 N–H and O–H groups in total. The maximum atomic E-state index is 12.6. The summed E-state index contributed by atoms with van der Waals surface area (Å²) in [7, 11) is -3.55. The number of rotatable bonds is 3. The van der Waals surface area contributed by atoms with E-state index in [4.69, 9.17) is 11.6 Å². The minimum atomic E-state index is -3.55. The Bertz CT molecular complexity index is 702. The van der Waals surface area contributed by atoms with Crippen molar-refractivity contribution in [3.05, 3.63) is 41.7 Å². The molecule has 0 bridgehead atoms. The fraction of sp³-hybridized carbons (Fsp3) is 0.333. The summed E-state index contributed by atoms with van der Waals surface area (Å²) in [6.07, 6.45) is 4.05. The quantitative estimate of drug-likeness (QED) is 0.862. The van der Waals surface area contributed by atoms with Crippen LogP contribution in [-0.4, -0.2) is 40.8 Å². The zero-order valence-electron chi connectivity index (χ0n) is 10.6. The molecule has 2 heterocycles. The Morgan fingerprint density at radius 3 is 2.80 bits per heavy atom. The number of hydrogen-bond donors (Lipinski definition) is 0. The van der Waals surface area contributed by atoms with Crippen LogP contribution in [0.1, 0.15) is 12.5 Å². The lowest BCUT2D eigenvalue weighted by atomic mass is 10.3. The maximum absolute atomic E-state index is 12.6. The molecule has 1 aliphatic heterocycles. The van der Waals surface area contributed by atoms with Crippen LogP contribution >= 0.6 is 11.6 Å². The molecule has 0 aliphatic carbocycles. The van der Waals surface area contributed by atoms with Crippen LogP contribution in [0.3, 0.4) is 0 Å². The van der Waals surface area contributed by atoms with Crippen LogP contribution in [0.2, 0.25) is 5.02 Å². The van der Waals surface area contributed by atoms with E-state index in [2.05, 4.69) is 10.3 Å². The largest absolute Gasteiger partial charge is 0.248 e. The summed E-state index contributed by atoms with van der Waals surface area (Å²) in [5.74, 6) is 0. The molecule has 0 radical (unpaired) electrons. The Labute approximate surface area is 122 Å². The predicted molar refractivity (Wildman–Crippen MR) is 73.9 cm³/mol. The van der Waals surface area contributed by atoms with Crippen LogP contribution in [0.15, 0.2) is 41.6 Å². The zero-order chi connectivity index (χ0) is 14.2. The SMILES string of the molecule is O=S(=O)(c1ccccc1Cl)N1CCC(n2ccnn2)C1. The smallest absolute Gasteiger partial charge is 0.244 e. The number of benzene rings is 1. The summed E-state index contributed by atoms with van der Waals surface area (Å²) < 4.78 is 28.3. The van der Waals surface area contributed by atoms with E-state index in [-0.39, 0.29) is 16.0 Å². The predicted octanol–water partition coefficient (Wildman–Crippen LogP) is 1.57. The first-order valence-corrected chi connectivity index (χ1v) is 8.01. The van der Waals surface area contributed by atoms with Gasteiger partial charge in [-0.3, -0.25) is 0 Å². The lowest BCUT2D eigenvalue weighted by molar-refractivity contribution is 0.428. The molecule has 2 aromatic rings. The molecule has 0 saturated carbocycles. The molecule has 106 valence electrons. The van der Waals surface area contributed by atoms with Crippen LogP contribution in [0, 0.1) is 0 Å². The minimum Gasteiger partial charge on any atom is -0.248 e. The molecule has 0 spiro atoms. The van der Waals surface area contributed by atoms with Gasteiger partial charge in [-0.05, 0) is 18.6 Å². The molecule has 8 heteroatoms. The van der Waals surface area contributed by atoms with Gasteiger partial charge in [0.15, 0.2) is 0 Å². The van der Waals surface area contributed by atoms with Crippen molar-refractivity contribution < 1.29 is 8.42 Å². The lowest BCUT2D eigenvalue weighted by Crippen LogP contribution is -2.29. The lowest BCUT2D eigenvalue weighted by Gasteiger charge is -2.17. The van der Waals surface area contributed by atoms with Gasteiger partial charge >= 0.3 is 0 Å². The molecule has 1 fully saturated rings. The maximum Gasteiger partial charge on any atom is 0.244 e. The summed E-state index contributed by atoms with van der Waals surface area (Å²) in [6.45, 7) is 0.842. The molecule has 0 amide bonds. The van der Waals surface area contributed by atoms with E-state index in [9.17, 15) is 8.42 Å². The van der Waals surface area contributed by atoms with Gasteiger partial charge in [0, 0.05) is 19.3 Å². The number of sulfonamides is 1. The average molecular weight is 313 g/mol. The first kappa shape index (κ1) is 13.5. The zero-order valence-corrected chi connectivity index (χ0v) is 12.1. The van der Waals surface area contributed by atoms with Crippen molar-refractivity contribution in [2.24, 2.45) is 0 Å². The summed E-state index contributed by atoms with van der Waals surface area (Å²) in [5.41, 5.74) is 0. The van der Waals surface area contributed by atoms with Gasteiger partial charge in [-0.15, -0.1) is 5.10 Å². The summed E-state index contributed by atoms with van der Waals surface area (Å²) >= 11 is 5.99. The Kier molecular flexibility index (Phi) is 3.49. The fourth-order valence-electron chi connectivity index (χ4n) is 2.35. The van der Waals surface area contributed by atoms with Gasteiger partial charge in [0.25, 0.3) is 0 Å². The molecule has 1 unspecified atom stereocenters. The van der Waals surface area contributed by atoms with Crippen molar-refractivity contribution in [2.45, 2.75) is 17.4 Å². The van der Waals surface area contributed by atoms with Gasteiger partial charge < -0.3 is 0 Å². The highest BCUT2D eigenvalue weighted by Gasteiger charge is 2.34. The second-order valence-corrected chi connectivity index (χ2v) is 6.93. The van der Waals surface area contributed by atoms with Crippen LogP contribution in [-0.2, 0) is 10.0 Å². The third-order valence-electron chi connectivity index (χ3n) is 3.40. The van der Waals surface area contributed by atoms with Crippen molar-refractivity contribution in [1.29, 1.82) is 0 Å².